The van der Waals surface area contributed by atoms with E-state index in [4.69, 9.17) is 4.74 Å². The lowest BCUT2D eigenvalue weighted by Gasteiger charge is -2.38. The van der Waals surface area contributed by atoms with Crippen LogP contribution in [0.3, 0.4) is 0 Å². The lowest BCUT2D eigenvalue weighted by atomic mass is 10.1. The van der Waals surface area contributed by atoms with Gasteiger partial charge in [-0.25, -0.2) is 23.7 Å². The number of rotatable bonds is 7. The van der Waals surface area contributed by atoms with Crippen molar-refractivity contribution in [3.63, 3.8) is 0 Å². The SMILES string of the molecule is Cc1ncsc1C(CNC(=O)c1cc(-c2ncc(F)cn2)ccc1F)N1CCOC(c2cnn(C)c2)C1. The quantitative estimate of drug-likeness (QED) is 0.395. The van der Waals surface area contributed by atoms with Crippen LogP contribution in [0.2, 0.25) is 0 Å². The van der Waals surface area contributed by atoms with Gasteiger partial charge in [0.2, 0.25) is 0 Å². The highest BCUT2D eigenvalue weighted by atomic mass is 32.1. The Morgan fingerprint density at radius 2 is 2.05 bits per heavy atom. The summed E-state index contributed by atoms with van der Waals surface area (Å²) in [5.74, 6) is -1.62. The Labute approximate surface area is 216 Å². The molecule has 1 aliphatic rings. The molecule has 0 saturated carbocycles. The van der Waals surface area contributed by atoms with Gasteiger partial charge in [-0.2, -0.15) is 5.10 Å². The molecule has 2 atom stereocenters. The van der Waals surface area contributed by atoms with E-state index in [1.807, 2.05) is 20.2 Å². The van der Waals surface area contributed by atoms with Gasteiger partial charge in [-0.3, -0.25) is 14.4 Å². The summed E-state index contributed by atoms with van der Waals surface area (Å²) in [4.78, 5) is 28.6. The summed E-state index contributed by atoms with van der Waals surface area (Å²) in [7, 11) is 1.86. The largest absolute Gasteiger partial charge is 0.371 e. The molecule has 1 aromatic carbocycles. The number of thiazole rings is 1. The maximum Gasteiger partial charge on any atom is 0.254 e. The van der Waals surface area contributed by atoms with Crippen molar-refractivity contribution in [2.24, 2.45) is 7.05 Å². The van der Waals surface area contributed by atoms with Gasteiger partial charge in [-0.05, 0) is 25.1 Å². The van der Waals surface area contributed by atoms with Crippen LogP contribution >= 0.6 is 11.3 Å². The summed E-state index contributed by atoms with van der Waals surface area (Å²) in [6.07, 6.45) is 5.62. The molecule has 9 nitrogen and oxygen atoms in total. The third-order valence-electron chi connectivity index (χ3n) is 6.27. The molecule has 5 rings (SSSR count). The number of amides is 1. The number of carbonyl (C=O) groups excluding carboxylic acids is 1. The number of morpholine rings is 1. The van der Waals surface area contributed by atoms with Gasteiger partial charge in [0, 0.05) is 48.9 Å². The van der Waals surface area contributed by atoms with Gasteiger partial charge in [-0.1, -0.05) is 0 Å². The van der Waals surface area contributed by atoms with Crippen LogP contribution in [-0.2, 0) is 11.8 Å². The lowest BCUT2D eigenvalue weighted by Crippen LogP contribution is -2.44. The van der Waals surface area contributed by atoms with Crippen molar-refractivity contribution in [3.8, 4) is 11.4 Å². The van der Waals surface area contributed by atoms with Crippen LogP contribution in [0.15, 0.2) is 48.5 Å². The highest BCUT2D eigenvalue weighted by Crippen LogP contribution is 2.32. The maximum atomic E-state index is 14.7. The first-order valence-corrected chi connectivity index (χ1v) is 12.6. The standard InChI is InChI=1S/C25H25F2N7O2S/c1-15-23(37-14-31-15)21(34-5-6-36-22(13-34)17-8-32-33(2)12-17)11-30-25(35)19-7-16(3-4-20(19)27)24-28-9-18(26)10-29-24/h3-4,7-10,12,14,21-22H,5-6,11,13H2,1-2H3,(H,30,35). The molecule has 2 unspecified atom stereocenters. The minimum atomic E-state index is -0.670. The van der Waals surface area contributed by atoms with E-state index in [9.17, 15) is 13.6 Å². The minimum Gasteiger partial charge on any atom is -0.371 e. The zero-order chi connectivity index (χ0) is 25.9. The number of carbonyl (C=O) groups is 1. The molecule has 4 heterocycles. The van der Waals surface area contributed by atoms with E-state index in [1.54, 1.807) is 16.4 Å². The highest BCUT2D eigenvalue weighted by Gasteiger charge is 2.31. The van der Waals surface area contributed by atoms with E-state index in [-0.39, 0.29) is 30.1 Å². The summed E-state index contributed by atoms with van der Waals surface area (Å²) >= 11 is 1.52. The van der Waals surface area contributed by atoms with Crippen LogP contribution in [0, 0.1) is 18.6 Å². The Kier molecular flexibility index (Phi) is 7.31. The van der Waals surface area contributed by atoms with Gasteiger partial charge in [-0.15, -0.1) is 11.3 Å². The molecule has 0 bridgehead atoms. The Balaban J connectivity index is 1.35. The van der Waals surface area contributed by atoms with Crippen LogP contribution in [0.4, 0.5) is 8.78 Å². The van der Waals surface area contributed by atoms with Crippen molar-refractivity contribution in [2.75, 3.05) is 26.2 Å². The fraction of sp³-hybridized carbons (Fsp3) is 0.320. The van der Waals surface area contributed by atoms with E-state index in [0.29, 0.717) is 25.3 Å². The first kappa shape index (κ1) is 25.1. The predicted molar refractivity (Wildman–Crippen MR) is 133 cm³/mol. The second-order valence-electron chi connectivity index (χ2n) is 8.75. The minimum absolute atomic E-state index is 0.139. The first-order chi connectivity index (χ1) is 17.9. The second-order valence-corrected chi connectivity index (χ2v) is 9.64. The molecule has 0 radical (unpaired) electrons. The van der Waals surface area contributed by atoms with Crippen molar-refractivity contribution in [2.45, 2.75) is 19.1 Å². The molecule has 192 valence electrons. The molecular weight excluding hydrogens is 500 g/mol. The van der Waals surface area contributed by atoms with E-state index in [1.165, 1.54) is 29.5 Å². The van der Waals surface area contributed by atoms with Crippen molar-refractivity contribution in [1.82, 2.24) is 34.9 Å². The number of hydrogen-bond donors (Lipinski definition) is 1. The van der Waals surface area contributed by atoms with Gasteiger partial charge < -0.3 is 10.1 Å². The normalized spacial score (nSPS) is 17.0. The van der Waals surface area contributed by atoms with Crippen molar-refractivity contribution < 1.29 is 18.3 Å². The average molecular weight is 526 g/mol. The molecule has 1 saturated heterocycles. The number of nitrogens with zero attached hydrogens (tertiary/aromatic N) is 6. The fourth-order valence-corrected chi connectivity index (χ4v) is 5.30. The van der Waals surface area contributed by atoms with Gasteiger partial charge in [0.1, 0.15) is 5.82 Å². The zero-order valence-corrected chi connectivity index (χ0v) is 21.1. The van der Waals surface area contributed by atoms with Crippen LogP contribution in [-0.4, -0.2) is 61.8 Å². The van der Waals surface area contributed by atoms with Gasteiger partial charge in [0.25, 0.3) is 5.91 Å². The monoisotopic (exact) mass is 525 g/mol. The number of ether oxygens (including phenoxy) is 1. The average Bonchev–Trinajstić information content (AvgIpc) is 3.53. The Hall–Kier alpha value is -3.61. The van der Waals surface area contributed by atoms with Crippen LogP contribution in [0.5, 0.6) is 0 Å². The summed E-state index contributed by atoms with van der Waals surface area (Å²) in [5, 5.41) is 7.15. The van der Waals surface area contributed by atoms with Crippen molar-refractivity contribution in [1.29, 1.82) is 0 Å². The van der Waals surface area contributed by atoms with Crippen LogP contribution in [0.25, 0.3) is 11.4 Å². The number of aromatic nitrogens is 5. The Morgan fingerprint density at radius 1 is 1.24 bits per heavy atom. The van der Waals surface area contributed by atoms with E-state index in [2.05, 4.69) is 30.3 Å². The molecule has 1 aliphatic heterocycles. The summed E-state index contributed by atoms with van der Waals surface area (Å²) < 4.78 is 35.6. The predicted octanol–water partition coefficient (Wildman–Crippen LogP) is 3.46. The smallest absolute Gasteiger partial charge is 0.254 e. The van der Waals surface area contributed by atoms with E-state index < -0.39 is 17.5 Å². The summed E-state index contributed by atoms with van der Waals surface area (Å²) in [6, 6.07) is 3.83. The zero-order valence-electron chi connectivity index (χ0n) is 20.3. The number of nitrogens with one attached hydrogen (secondary N) is 1. The number of hydrogen-bond acceptors (Lipinski definition) is 8. The number of aryl methyl sites for hydroxylation is 2. The number of benzene rings is 1. The maximum absolute atomic E-state index is 14.7. The van der Waals surface area contributed by atoms with E-state index in [0.717, 1.165) is 28.5 Å². The van der Waals surface area contributed by atoms with Gasteiger partial charge >= 0.3 is 0 Å². The molecular formula is C25H25F2N7O2S. The molecule has 12 heteroatoms. The summed E-state index contributed by atoms with van der Waals surface area (Å²) in [6.45, 7) is 3.98. The Bertz CT molecular complexity index is 1390. The molecule has 0 spiro atoms. The van der Waals surface area contributed by atoms with Gasteiger partial charge in [0.15, 0.2) is 11.6 Å². The van der Waals surface area contributed by atoms with Crippen molar-refractivity contribution in [3.05, 3.63) is 81.8 Å². The molecule has 1 N–H and O–H groups in total. The third-order valence-corrected chi connectivity index (χ3v) is 7.30. The third kappa shape index (κ3) is 5.55. The molecule has 3 aromatic heterocycles. The highest BCUT2D eigenvalue weighted by molar-refractivity contribution is 7.09. The summed E-state index contributed by atoms with van der Waals surface area (Å²) in [5.41, 5.74) is 3.92. The van der Waals surface area contributed by atoms with Gasteiger partial charge in [0.05, 0.1) is 54.1 Å². The second kappa shape index (κ2) is 10.8. The topological polar surface area (TPSA) is 98.1 Å². The fourth-order valence-electron chi connectivity index (χ4n) is 4.36. The molecule has 1 amide bonds. The molecule has 37 heavy (non-hydrogen) atoms. The molecule has 0 aliphatic carbocycles. The van der Waals surface area contributed by atoms with Crippen molar-refractivity contribution >= 4 is 17.2 Å². The first-order valence-electron chi connectivity index (χ1n) is 11.7. The van der Waals surface area contributed by atoms with E-state index >= 15 is 0 Å². The molecule has 4 aromatic rings. The van der Waals surface area contributed by atoms with Crippen LogP contribution < -0.4 is 5.32 Å². The number of halogens is 2. The van der Waals surface area contributed by atoms with Crippen LogP contribution in [0.1, 0.15) is 38.6 Å². The Morgan fingerprint density at radius 3 is 2.76 bits per heavy atom. The lowest BCUT2D eigenvalue weighted by molar-refractivity contribution is -0.0448. The molecule has 1 fully saturated rings.